The normalized spacial score (nSPS) is 10.7. The number of ether oxygens (including phenoxy) is 2. The Kier molecular flexibility index (Phi) is 9.17. The maximum atomic E-state index is 13.9. The standard InChI is InChI=1S/C24H20Br2FN3O4/c1-2-33-21-12-15(11-19(26)22(21)34-14-16-5-3-4-6-20(16)27)13-28-30-24(32)23(31)29-18-9-7-17(25)8-10-18/h3-13H,2,14H2,1H3,(H,29,31)(H,30,32). The molecule has 0 aliphatic rings. The van der Waals surface area contributed by atoms with E-state index in [9.17, 15) is 14.0 Å². The van der Waals surface area contributed by atoms with Crippen molar-refractivity contribution in [3.63, 3.8) is 0 Å². The summed E-state index contributed by atoms with van der Waals surface area (Å²) in [4.78, 5) is 24.0. The highest BCUT2D eigenvalue weighted by Gasteiger charge is 2.15. The van der Waals surface area contributed by atoms with Crippen LogP contribution in [-0.2, 0) is 16.2 Å². The largest absolute Gasteiger partial charge is 0.490 e. The van der Waals surface area contributed by atoms with Crippen molar-refractivity contribution in [2.45, 2.75) is 13.5 Å². The van der Waals surface area contributed by atoms with Crippen LogP contribution in [0.5, 0.6) is 11.5 Å². The van der Waals surface area contributed by atoms with Crippen LogP contribution < -0.4 is 20.2 Å². The highest BCUT2D eigenvalue weighted by molar-refractivity contribution is 9.10. The van der Waals surface area contributed by atoms with E-state index in [4.69, 9.17) is 9.47 Å². The van der Waals surface area contributed by atoms with E-state index in [1.807, 2.05) is 6.92 Å². The molecule has 3 aromatic carbocycles. The van der Waals surface area contributed by atoms with Gasteiger partial charge in [-0.15, -0.1) is 0 Å². The zero-order valence-electron chi connectivity index (χ0n) is 18.0. The molecule has 0 radical (unpaired) electrons. The summed E-state index contributed by atoms with van der Waals surface area (Å²) in [5.74, 6) is -1.32. The van der Waals surface area contributed by atoms with Gasteiger partial charge in [0.1, 0.15) is 12.4 Å². The number of amides is 2. The number of anilines is 1. The van der Waals surface area contributed by atoms with E-state index in [0.29, 0.717) is 39.4 Å². The predicted octanol–water partition coefficient (Wildman–Crippen LogP) is 5.42. The van der Waals surface area contributed by atoms with Gasteiger partial charge in [-0.1, -0.05) is 34.1 Å². The molecule has 3 rings (SSSR count). The summed E-state index contributed by atoms with van der Waals surface area (Å²) in [6.45, 7) is 2.21. The van der Waals surface area contributed by atoms with E-state index in [1.54, 1.807) is 54.6 Å². The summed E-state index contributed by atoms with van der Waals surface area (Å²) in [7, 11) is 0. The third-order valence-electron chi connectivity index (χ3n) is 4.35. The molecule has 0 saturated carbocycles. The Morgan fingerprint density at radius 3 is 2.47 bits per heavy atom. The number of nitrogens with one attached hydrogen (secondary N) is 2. The summed E-state index contributed by atoms with van der Waals surface area (Å²) < 4.78 is 26.8. The number of benzene rings is 3. The number of hydrogen-bond acceptors (Lipinski definition) is 5. The number of nitrogens with zero attached hydrogens (tertiary/aromatic N) is 1. The van der Waals surface area contributed by atoms with Gasteiger partial charge in [0.15, 0.2) is 11.5 Å². The number of halogens is 3. The van der Waals surface area contributed by atoms with Gasteiger partial charge in [0.2, 0.25) is 0 Å². The molecule has 0 saturated heterocycles. The van der Waals surface area contributed by atoms with Crippen LogP contribution in [0.3, 0.4) is 0 Å². The summed E-state index contributed by atoms with van der Waals surface area (Å²) in [5, 5.41) is 6.31. The van der Waals surface area contributed by atoms with Crippen molar-refractivity contribution >= 4 is 55.6 Å². The molecule has 0 aliphatic carbocycles. The smallest absolute Gasteiger partial charge is 0.329 e. The lowest BCUT2D eigenvalue weighted by atomic mass is 10.2. The molecule has 0 spiro atoms. The van der Waals surface area contributed by atoms with Crippen LogP contribution in [0.4, 0.5) is 10.1 Å². The average molecular weight is 593 g/mol. The average Bonchev–Trinajstić information content (AvgIpc) is 2.81. The first kappa shape index (κ1) is 25.4. The Labute approximate surface area is 212 Å². The first-order chi connectivity index (χ1) is 16.4. The highest BCUT2D eigenvalue weighted by Crippen LogP contribution is 2.37. The van der Waals surface area contributed by atoms with Crippen LogP contribution in [-0.4, -0.2) is 24.6 Å². The predicted molar refractivity (Wildman–Crippen MR) is 135 cm³/mol. The van der Waals surface area contributed by atoms with Crippen LogP contribution in [0.1, 0.15) is 18.1 Å². The van der Waals surface area contributed by atoms with Crippen LogP contribution in [0.15, 0.2) is 74.7 Å². The molecular formula is C24H20Br2FN3O4. The summed E-state index contributed by atoms with van der Waals surface area (Å²) in [6, 6.07) is 16.5. The minimum Gasteiger partial charge on any atom is -0.490 e. The third kappa shape index (κ3) is 7.13. The van der Waals surface area contributed by atoms with Crippen molar-refractivity contribution in [3.05, 3.63) is 86.6 Å². The summed E-state index contributed by atoms with van der Waals surface area (Å²) in [6.07, 6.45) is 1.36. The van der Waals surface area contributed by atoms with Gasteiger partial charge >= 0.3 is 11.8 Å². The summed E-state index contributed by atoms with van der Waals surface area (Å²) in [5.41, 5.74) is 3.64. The molecule has 0 aliphatic heterocycles. The molecule has 34 heavy (non-hydrogen) atoms. The van der Waals surface area contributed by atoms with Crippen molar-refractivity contribution in [2.24, 2.45) is 5.10 Å². The minimum atomic E-state index is -0.923. The molecule has 3 aromatic rings. The van der Waals surface area contributed by atoms with E-state index in [-0.39, 0.29) is 12.4 Å². The van der Waals surface area contributed by atoms with Crippen LogP contribution in [0, 0.1) is 5.82 Å². The van der Waals surface area contributed by atoms with Crippen LogP contribution in [0.2, 0.25) is 0 Å². The lowest BCUT2D eigenvalue weighted by molar-refractivity contribution is -0.136. The van der Waals surface area contributed by atoms with Gasteiger partial charge in [0, 0.05) is 15.7 Å². The van der Waals surface area contributed by atoms with Crippen molar-refractivity contribution in [2.75, 3.05) is 11.9 Å². The number of carbonyl (C=O) groups is 2. The molecular weight excluding hydrogens is 573 g/mol. The number of carbonyl (C=O) groups excluding carboxylic acids is 2. The van der Waals surface area contributed by atoms with E-state index in [0.717, 1.165) is 4.47 Å². The fourth-order valence-electron chi connectivity index (χ4n) is 2.77. The summed E-state index contributed by atoms with van der Waals surface area (Å²) >= 11 is 6.73. The molecule has 0 unspecified atom stereocenters. The zero-order chi connectivity index (χ0) is 24.5. The van der Waals surface area contributed by atoms with Gasteiger partial charge in [0.25, 0.3) is 0 Å². The monoisotopic (exact) mass is 591 g/mol. The van der Waals surface area contributed by atoms with Crippen molar-refractivity contribution in [3.8, 4) is 11.5 Å². The molecule has 0 fully saturated rings. The Bertz CT molecular complexity index is 1200. The molecule has 176 valence electrons. The number of hydrogen-bond donors (Lipinski definition) is 2. The highest BCUT2D eigenvalue weighted by atomic mass is 79.9. The third-order valence-corrected chi connectivity index (χ3v) is 5.47. The van der Waals surface area contributed by atoms with Gasteiger partial charge in [0.05, 0.1) is 17.3 Å². The van der Waals surface area contributed by atoms with E-state index >= 15 is 0 Å². The quantitative estimate of drug-likeness (QED) is 0.208. The first-order valence-electron chi connectivity index (χ1n) is 10.1. The molecule has 0 atom stereocenters. The molecule has 7 nitrogen and oxygen atoms in total. The van der Waals surface area contributed by atoms with Gasteiger partial charge < -0.3 is 14.8 Å². The topological polar surface area (TPSA) is 89.0 Å². The Morgan fingerprint density at radius 1 is 1.03 bits per heavy atom. The zero-order valence-corrected chi connectivity index (χ0v) is 21.2. The Balaban J connectivity index is 1.65. The van der Waals surface area contributed by atoms with Crippen molar-refractivity contribution < 1.29 is 23.5 Å². The minimum absolute atomic E-state index is 0.0162. The lowest BCUT2D eigenvalue weighted by Gasteiger charge is -2.15. The molecule has 10 heteroatoms. The van der Waals surface area contributed by atoms with Crippen molar-refractivity contribution in [1.82, 2.24) is 5.43 Å². The maximum absolute atomic E-state index is 13.9. The fraction of sp³-hybridized carbons (Fsp3) is 0.125. The molecule has 2 N–H and O–H groups in total. The van der Waals surface area contributed by atoms with Gasteiger partial charge in [-0.25, -0.2) is 9.82 Å². The van der Waals surface area contributed by atoms with E-state index in [1.165, 1.54) is 12.3 Å². The molecule has 2 amide bonds. The van der Waals surface area contributed by atoms with E-state index in [2.05, 4.69) is 47.7 Å². The Morgan fingerprint density at radius 2 is 1.76 bits per heavy atom. The number of rotatable bonds is 8. The second-order valence-corrected chi connectivity index (χ2v) is 8.57. The molecule has 0 bridgehead atoms. The second kappa shape index (κ2) is 12.3. The first-order valence-corrected chi connectivity index (χ1v) is 11.7. The Hall–Kier alpha value is -3.24. The molecule has 0 aromatic heterocycles. The van der Waals surface area contributed by atoms with Gasteiger partial charge in [-0.2, -0.15) is 5.10 Å². The SMILES string of the molecule is CCOc1cc(C=NNC(=O)C(=O)Nc2ccc(Br)cc2)cc(Br)c1OCc1ccccc1F. The van der Waals surface area contributed by atoms with E-state index < -0.39 is 11.8 Å². The van der Waals surface area contributed by atoms with Crippen LogP contribution >= 0.6 is 31.9 Å². The maximum Gasteiger partial charge on any atom is 0.329 e. The van der Waals surface area contributed by atoms with Gasteiger partial charge in [-0.05, 0) is 70.9 Å². The lowest BCUT2D eigenvalue weighted by Crippen LogP contribution is -2.32. The second-order valence-electron chi connectivity index (χ2n) is 6.80. The number of hydrazone groups is 1. The van der Waals surface area contributed by atoms with Crippen LogP contribution in [0.25, 0.3) is 0 Å². The van der Waals surface area contributed by atoms with Crippen molar-refractivity contribution in [1.29, 1.82) is 0 Å². The fourth-order valence-corrected chi connectivity index (χ4v) is 3.61. The van der Waals surface area contributed by atoms with Gasteiger partial charge in [-0.3, -0.25) is 9.59 Å². The molecule has 0 heterocycles.